The number of aromatic carboxylic acids is 1. The topological polar surface area (TPSA) is 89.5 Å². The van der Waals surface area contributed by atoms with E-state index in [1.54, 1.807) is 24.3 Å². The highest BCUT2D eigenvalue weighted by Crippen LogP contribution is 2.25. The number of amides is 2. The van der Waals surface area contributed by atoms with Crippen LogP contribution < -0.4 is 15.3 Å². The van der Waals surface area contributed by atoms with Gasteiger partial charge in [-0.25, -0.2) is 4.90 Å². The highest BCUT2D eigenvalue weighted by atomic mass is 16.4. The third-order valence-electron chi connectivity index (χ3n) is 4.62. The van der Waals surface area contributed by atoms with Gasteiger partial charge < -0.3 is 15.2 Å². The van der Waals surface area contributed by atoms with Crippen LogP contribution in [-0.2, 0) is 16.0 Å². The van der Waals surface area contributed by atoms with Crippen LogP contribution in [0, 0.1) is 0 Å². The molecule has 1 saturated heterocycles. The molecule has 1 aliphatic rings. The molecule has 2 amide bonds. The molecule has 3 rings (SSSR count). The lowest BCUT2D eigenvalue weighted by molar-refractivity contribution is -0.255. The lowest BCUT2D eigenvalue weighted by atomic mass is 10.1. The fraction of sp³-hybridized carbons (Fsp3) is 0.286. The third kappa shape index (κ3) is 4.16. The standard InChI is InChI=1S/C21H22N2O4/c1-2-3-4-14-5-11-17(12-6-14)23-19(24)13-18(20(23)25)22-16-9-7-15(8-10-16)21(26)27/h5-12,18,22H,2-4,13H2,1H3,(H,26,27)/p-1/t18-/m0/s1. The van der Waals surface area contributed by atoms with Gasteiger partial charge in [-0.2, -0.15) is 0 Å². The van der Waals surface area contributed by atoms with Crippen LogP contribution in [0.1, 0.15) is 42.1 Å². The second-order valence-corrected chi connectivity index (χ2v) is 6.60. The highest BCUT2D eigenvalue weighted by Gasteiger charge is 2.39. The number of hydrogen-bond donors (Lipinski definition) is 1. The molecule has 27 heavy (non-hydrogen) atoms. The summed E-state index contributed by atoms with van der Waals surface area (Å²) in [6, 6.07) is 12.7. The van der Waals surface area contributed by atoms with Crippen molar-refractivity contribution >= 4 is 29.2 Å². The van der Waals surface area contributed by atoms with Gasteiger partial charge in [-0.05, 0) is 48.2 Å². The van der Waals surface area contributed by atoms with E-state index < -0.39 is 12.0 Å². The van der Waals surface area contributed by atoms with Crippen LogP contribution in [0.2, 0.25) is 0 Å². The Morgan fingerprint density at radius 2 is 1.78 bits per heavy atom. The van der Waals surface area contributed by atoms with Gasteiger partial charge in [-0.3, -0.25) is 9.59 Å². The molecule has 0 saturated carbocycles. The van der Waals surface area contributed by atoms with Crippen LogP contribution in [0.5, 0.6) is 0 Å². The number of nitrogens with one attached hydrogen (secondary N) is 1. The van der Waals surface area contributed by atoms with Crippen molar-refractivity contribution in [2.24, 2.45) is 0 Å². The number of carboxylic acids is 1. The van der Waals surface area contributed by atoms with Gasteiger partial charge in [0.1, 0.15) is 6.04 Å². The summed E-state index contributed by atoms with van der Waals surface area (Å²) in [4.78, 5) is 37.1. The number of unbranched alkanes of at least 4 members (excludes halogenated alkanes) is 1. The summed E-state index contributed by atoms with van der Waals surface area (Å²) in [5.41, 5.74) is 2.38. The van der Waals surface area contributed by atoms with Crippen molar-refractivity contribution in [1.82, 2.24) is 0 Å². The first-order valence-electron chi connectivity index (χ1n) is 9.03. The lowest BCUT2D eigenvalue weighted by Gasteiger charge is -2.17. The first-order chi connectivity index (χ1) is 13.0. The summed E-state index contributed by atoms with van der Waals surface area (Å²) < 4.78 is 0. The van der Waals surface area contributed by atoms with E-state index in [0.717, 1.165) is 19.3 Å². The zero-order valence-corrected chi connectivity index (χ0v) is 15.1. The van der Waals surface area contributed by atoms with Gasteiger partial charge in [0.2, 0.25) is 5.91 Å². The van der Waals surface area contributed by atoms with Crippen molar-refractivity contribution < 1.29 is 19.5 Å². The van der Waals surface area contributed by atoms with Gasteiger partial charge in [0, 0.05) is 5.69 Å². The van der Waals surface area contributed by atoms with Crippen LogP contribution in [0.15, 0.2) is 48.5 Å². The summed E-state index contributed by atoms with van der Waals surface area (Å²) in [5.74, 6) is -1.84. The Labute approximate surface area is 157 Å². The Morgan fingerprint density at radius 3 is 2.37 bits per heavy atom. The number of carbonyl (C=O) groups is 3. The molecule has 140 valence electrons. The van der Waals surface area contributed by atoms with Crippen LogP contribution in [-0.4, -0.2) is 23.8 Å². The second-order valence-electron chi connectivity index (χ2n) is 6.60. The molecule has 0 aliphatic carbocycles. The maximum absolute atomic E-state index is 12.7. The molecule has 1 atom stereocenters. The van der Waals surface area contributed by atoms with E-state index in [0.29, 0.717) is 11.4 Å². The fourth-order valence-electron chi connectivity index (χ4n) is 3.11. The molecule has 2 aromatic carbocycles. The molecule has 1 N–H and O–H groups in total. The highest BCUT2D eigenvalue weighted by molar-refractivity contribution is 6.23. The van der Waals surface area contributed by atoms with Gasteiger partial charge in [-0.15, -0.1) is 0 Å². The average Bonchev–Trinajstić information content (AvgIpc) is 2.94. The van der Waals surface area contributed by atoms with E-state index in [4.69, 9.17) is 0 Å². The van der Waals surface area contributed by atoms with E-state index in [1.165, 1.54) is 22.6 Å². The molecule has 1 fully saturated rings. The summed E-state index contributed by atoms with van der Waals surface area (Å²) >= 11 is 0. The summed E-state index contributed by atoms with van der Waals surface area (Å²) in [5, 5.41) is 13.8. The molecule has 1 aliphatic heterocycles. The molecule has 1 heterocycles. The van der Waals surface area contributed by atoms with Crippen LogP contribution >= 0.6 is 0 Å². The Bertz CT molecular complexity index is 843. The van der Waals surface area contributed by atoms with Crippen molar-refractivity contribution in [3.8, 4) is 0 Å². The minimum atomic E-state index is -1.26. The number of carbonyl (C=O) groups excluding carboxylic acids is 3. The molecule has 0 unspecified atom stereocenters. The summed E-state index contributed by atoms with van der Waals surface area (Å²) in [6.45, 7) is 2.13. The van der Waals surface area contributed by atoms with Gasteiger partial charge in [0.05, 0.1) is 18.1 Å². The predicted octanol–water partition coefficient (Wildman–Crippen LogP) is 2.14. The maximum atomic E-state index is 12.7. The molecule has 0 spiro atoms. The Hall–Kier alpha value is -3.15. The first kappa shape index (κ1) is 18.6. The smallest absolute Gasteiger partial charge is 0.256 e. The number of imide groups is 1. The molecule has 6 heteroatoms. The number of benzene rings is 2. The van der Waals surface area contributed by atoms with Crippen LogP contribution in [0.25, 0.3) is 0 Å². The average molecular weight is 365 g/mol. The van der Waals surface area contributed by atoms with E-state index >= 15 is 0 Å². The molecule has 0 radical (unpaired) electrons. The van der Waals surface area contributed by atoms with Gasteiger partial charge in [-0.1, -0.05) is 37.6 Å². The normalized spacial score (nSPS) is 16.6. The molecule has 6 nitrogen and oxygen atoms in total. The minimum Gasteiger partial charge on any atom is -0.545 e. The monoisotopic (exact) mass is 365 g/mol. The molecular weight excluding hydrogens is 344 g/mol. The van der Waals surface area contributed by atoms with Crippen LogP contribution in [0.3, 0.4) is 0 Å². The molecule has 0 aromatic heterocycles. The summed E-state index contributed by atoms with van der Waals surface area (Å²) in [6.07, 6.45) is 3.25. The number of carboxylic acid groups (broad SMARTS) is 1. The SMILES string of the molecule is CCCCc1ccc(N2C(=O)C[C@H](Nc3ccc(C(=O)[O-])cc3)C2=O)cc1. The van der Waals surface area contributed by atoms with Crippen molar-refractivity contribution in [3.63, 3.8) is 0 Å². The quantitative estimate of drug-likeness (QED) is 0.759. The Morgan fingerprint density at radius 1 is 1.11 bits per heavy atom. The number of aryl methyl sites for hydroxylation is 1. The van der Waals surface area contributed by atoms with Crippen molar-refractivity contribution in [2.75, 3.05) is 10.2 Å². The third-order valence-corrected chi connectivity index (χ3v) is 4.62. The Balaban J connectivity index is 1.70. The van der Waals surface area contributed by atoms with Crippen LogP contribution in [0.4, 0.5) is 11.4 Å². The van der Waals surface area contributed by atoms with Gasteiger partial charge >= 0.3 is 0 Å². The number of nitrogens with zero attached hydrogens (tertiary/aromatic N) is 1. The first-order valence-corrected chi connectivity index (χ1v) is 9.03. The van der Waals surface area contributed by atoms with Crippen molar-refractivity contribution in [2.45, 2.75) is 38.6 Å². The van der Waals surface area contributed by atoms with E-state index in [-0.39, 0.29) is 23.8 Å². The lowest BCUT2D eigenvalue weighted by Crippen LogP contribution is -2.34. The Kier molecular flexibility index (Phi) is 5.54. The fourth-order valence-corrected chi connectivity index (χ4v) is 3.11. The molecular formula is C21H21N2O4-. The zero-order chi connectivity index (χ0) is 19.4. The zero-order valence-electron chi connectivity index (χ0n) is 15.1. The largest absolute Gasteiger partial charge is 0.545 e. The second kappa shape index (κ2) is 8.03. The molecule has 0 bridgehead atoms. The van der Waals surface area contributed by atoms with E-state index in [2.05, 4.69) is 12.2 Å². The number of rotatable bonds is 7. The van der Waals surface area contributed by atoms with Crippen molar-refractivity contribution in [1.29, 1.82) is 0 Å². The summed E-state index contributed by atoms with van der Waals surface area (Å²) in [7, 11) is 0. The molecule has 2 aromatic rings. The number of anilines is 2. The number of hydrogen-bond acceptors (Lipinski definition) is 5. The minimum absolute atomic E-state index is 0.0542. The van der Waals surface area contributed by atoms with Gasteiger partial charge in [0.15, 0.2) is 0 Å². The van der Waals surface area contributed by atoms with E-state index in [1.807, 2.05) is 12.1 Å². The maximum Gasteiger partial charge on any atom is 0.256 e. The van der Waals surface area contributed by atoms with E-state index in [9.17, 15) is 19.5 Å². The van der Waals surface area contributed by atoms with Crippen molar-refractivity contribution in [3.05, 3.63) is 59.7 Å². The van der Waals surface area contributed by atoms with Gasteiger partial charge in [0.25, 0.3) is 5.91 Å². The predicted molar refractivity (Wildman–Crippen MR) is 100 cm³/mol.